The van der Waals surface area contributed by atoms with Crippen molar-refractivity contribution in [1.82, 2.24) is 0 Å². The van der Waals surface area contributed by atoms with Gasteiger partial charge in [-0.05, 0) is 97.1 Å². The van der Waals surface area contributed by atoms with E-state index in [9.17, 15) is 0 Å². The third-order valence-corrected chi connectivity index (χ3v) is 15.9. The van der Waals surface area contributed by atoms with E-state index >= 15 is 0 Å². The van der Waals surface area contributed by atoms with E-state index in [0.717, 1.165) is 22.7 Å². The summed E-state index contributed by atoms with van der Waals surface area (Å²) in [6.45, 7) is 0. The largest absolute Gasteiger partial charge is 0.497 e. The van der Waals surface area contributed by atoms with Crippen molar-refractivity contribution >= 4 is 45.4 Å². The van der Waals surface area contributed by atoms with Crippen molar-refractivity contribution in [2.24, 2.45) is 13.5 Å². The first kappa shape index (κ1) is 33.3. The lowest BCUT2D eigenvalue weighted by molar-refractivity contribution is 0.330. The Kier molecular flexibility index (Phi) is 10.5. The summed E-state index contributed by atoms with van der Waals surface area (Å²) in [6, 6.07) is 30.1. The minimum Gasteiger partial charge on any atom is -0.497 e. The van der Waals surface area contributed by atoms with Crippen molar-refractivity contribution in [2.75, 3.05) is 63.0 Å². The monoisotopic (exact) mass is 685 g/mol. The second kappa shape index (κ2) is 14.5. The quantitative estimate of drug-likeness (QED) is 0.0949. The van der Waals surface area contributed by atoms with E-state index in [1.54, 1.807) is 42.7 Å². The lowest BCUT2D eigenvalue weighted by atomic mass is 10.3. The van der Waals surface area contributed by atoms with Crippen LogP contribution in [0.4, 0.5) is 22.7 Å². The number of methoxy groups -OCH3 is 4. The number of benzene rings is 4. The zero-order chi connectivity index (χ0) is 32.6. The number of nitrogens with one attached hydrogen (secondary N) is 4. The van der Waals surface area contributed by atoms with Gasteiger partial charge in [0.25, 0.3) is 15.0 Å². The van der Waals surface area contributed by atoms with Crippen LogP contribution in [-0.4, -0.2) is 42.7 Å². The zero-order valence-corrected chi connectivity index (χ0v) is 29.1. The molecule has 4 aromatic rings. The predicted molar refractivity (Wildman–Crippen MR) is 189 cm³/mol. The minimum absolute atomic E-state index is 0.716. The highest BCUT2D eigenvalue weighted by Crippen LogP contribution is 2.77. The maximum atomic E-state index is 6.05. The van der Waals surface area contributed by atoms with Gasteiger partial charge in [0, 0.05) is 37.0 Å². The summed E-state index contributed by atoms with van der Waals surface area (Å²) in [4.78, 5) is 0. The molecule has 244 valence electrons. The fourth-order valence-corrected chi connectivity index (χ4v) is 14.8. The highest BCUT2D eigenvalue weighted by atomic mass is 31.3. The SMILES string of the molecule is COc1ccc(NP2(Nc3ccc(OC)cc3)=NP(Nc3ccc(OC)cc3)(Nc3ccc(OC)cc3)=NP(OC)(OC)=N2)cc1. The molecule has 16 heteroatoms. The van der Waals surface area contributed by atoms with Gasteiger partial charge in [-0.2, -0.15) is 13.5 Å². The molecule has 0 fully saturated rings. The van der Waals surface area contributed by atoms with Gasteiger partial charge >= 0.3 is 7.66 Å². The molecule has 46 heavy (non-hydrogen) atoms. The molecule has 1 aliphatic rings. The molecule has 0 aromatic heterocycles. The molecule has 0 saturated heterocycles. The molecule has 0 saturated carbocycles. The number of nitrogens with zero attached hydrogens (tertiary/aromatic N) is 3. The van der Waals surface area contributed by atoms with E-state index in [1.165, 1.54) is 0 Å². The third kappa shape index (κ3) is 7.81. The van der Waals surface area contributed by atoms with Crippen LogP contribution in [0.5, 0.6) is 23.0 Å². The highest BCUT2D eigenvalue weighted by molar-refractivity contribution is 7.86. The molecule has 0 amide bonds. The van der Waals surface area contributed by atoms with E-state index in [0.29, 0.717) is 23.0 Å². The van der Waals surface area contributed by atoms with Gasteiger partial charge in [0.1, 0.15) is 23.0 Å². The molecule has 0 bridgehead atoms. The Morgan fingerprint density at radius 3 is 0.870 bits per heavy atom. The van der Waals surface area contributed by atoms with Crippen LogP contribution >= 0.6 is 22.7 Å². The Bertz CT molecular complexity index is 1570. The van der Waals surface area contributed by atoms with Crippen LogP contribution in [0.1, 0.15) is 0 Å². The molecule has 0 radical (unpaired) electrons. The first-order chi connectivity index (χ1) is 22.3. The second-order valence-electron chi connectivity index (χ2n) is 9.69. The Morgan fingerprint density at radius 1 is 0.370 bits per heavy atom. The smallest absolute Gasteiger partial charge is 0.346 e. The molecule has 0 spiro atoms. The van der Waals surface area contributed by atoms with Crippen LogP contribution < -0.4 is 39.3 Å². The van der Waals surface area contributed by atoms with E-state index in [4.69, 9.17) is 41.5 Å². The summed E-state index contributed by atoms with van der Waals surface area (Å²) < 4.78 is 49.5. The van der Waals surface area contributed by atoms with Crippen LogP contribution in [0.2, 0.25) is 0 Å². The fourth-order valence-electron chi connectivity index (χ4n) is 4.41. The van der Waals surface area contributed by atoms with Gasteiger partial charge in [-0.25, -0.2) is 0 Å². The summed E-state index contributed by atoms with van der Waals surface area (Å²) in [5.74, 6) is 2.86. The molecule has 4 N–H and O–H groups in total. The molecular formula is C30H38N7O6P3. The van der Waals surface area contributed by atoms with E-state index < -0.39 is 22.7 Å². The molecule has 5 rings (SSSR count). The highest BCUT2D eigenvalue weighted by Gasteiger charge is 2.39. The fraction of sp³-hybridized carbons (Fsp3) is 0.200. The van der Waals surface area contributed by atoms with Crippen molar-refractivity contribution in [3.8, 4) is 23.0 Å². The van der Waals surface area contributed by atoms with E-state index in [2.05, 4.69) is 20.3 Å². The first-order valence-electron chi connectivity index (χ1n) is 14.0. The Labute approximate surface area is 269 Å². The van der Waals surface area contributed by atoms with Crippen molar-refractivity contribution < 1.29 is 28.0 Å². The summed E-state index contributed by atoms with van der Waals surface area (Å²) in [5, 5.41) is 14.4. The number of rotatable bonds is 14. The number of anilines is 4. The van der Waals surface area contributed by atoms with Crippen molar-refractivity contribution in [3.63, 3.8) is 0 Å². The van der Waals surface area contributed by atoms with Gasteiger partial charge in [0.15, 0.2) is 0 Å². The molecule has 1 heterocycles. The number of hydrogen-bond donors (Lipinski definition) is 4. The number of ether oxygens (including phenoxy) is 4. The van der Waals surface area contributed by atoms with Crippen LogP contribution in [0.25, 0.3) is 0 Å². The summed E-state index contributed by atoms with van der Waals surface area (Å²) in [5.41, 5.74) is 3.01. The predicted octanol–water partition coefficient (Wildman–Crippen LogP) is 9.61. The summed E-state index contributed by atoms with van der Waals surface area (Å²) in [6.07, 6.45) is 0. The van der Waals surface area contributed by atoms with Crippen molar-refractivity contribution in [1.29, 1.82) is 0 Å². The van der Waals surface area contributed by atoms with Gasteiger partial charge in [0.05, 0.1) is 28.4 Å². The van der Waals surface area contributed by atoms with E-state index in [1.807, 2.05) is 97.1 Å². The standard InChI is InChI=1S/C30H38N7O6P3/c1-38-27-15-7-23(8-16-27)31-44(32-24-9-17-28(39-2)18-10-24)35-45(37-46(36-44,42-5)43-6,33-25-11-19-29(40-3)20-12-25)34-26-13-21-30(41-4)22-14-26/h7-22,31-34H,1-6H3. The third-order valence-electron chi connectivity index (χ3n) is 6.72. The van der Waals surface area contributed by atoms with Crippen LogP contribution in [0.15, 0.2) is 111 Å². The minimum atomic E-state index is -3.30. The summed E-state index contributed by atoms with van der Waals surface area (Å²) >= 11 is 0. The average molecular weight is 686 g/mol. The number of hydrogen-bond acceptors (Lipinski definition) is 13. The van der Waals surface area contributed by atoms with Crippen molar-refractivity contribution in [3.05, 3.63) is 97.1 Å². The van der Waals surface area contributed by atoms with Crippen LogP contribution in [-0.2, 0) is 9.05 Å². The van der Waals surface area contributed by atoms with Crippen LogP contribution in [0.3, 0.4) is 0 Å². The molecule has 0 aliphatic carbocycles. The van der Waals surface area contributed by atoms with E-state index in [-0.39, 0.29) is 0 Å². The topological polar surface area (TPSA) is 141 Å². The second-order valence-corrected chi connectivity index (χ2v) is 16.8. The maximum absolute atomic E-state index is 6.05. The molecule has 13 nitrogen and oxygen atoms in total. The summed E-state index contributed by atoms with van der Waals surface area (Å²) in [7, 11) is -0.139. The Hall–Kier alpha value is -4.11. The van der Waals surface area contributed by atoms with Crippen LogP contribution in [0, 0.1) is 0 Å². The molecule has 1 aliphatic heterocycles. The van der Waals surface area contributed by atoms with Gasteiger partial charge in [0.2, 0.25) is 0 Å². The van der Waals surface area contributed by atoms with Gasteiger partial charge in [-0.15, -0.1) is 0 Å². The van der Waals surface area contributed by atoms with Gasteiger partial charge in [-0.1, -0.05) is 0 Å². The maximum Gasteiger partial charge on any atom is 0.346 e. The molecule has 4 aromatic carbocycles. The first-order valence-corrected chi connectivity index (χ1v) is 18.9. The Balaban J connectivity index is 1.75. The molecule has 0 unspecified atom stereocenters. The van der Waals surface area contributed by atoms with Gasteiger partial charge < -0.3 is 48.3 Å². The average Bonchev–Trinajstić information content (AvgIpc) is 3.09. The normalized spacial score (nSPS) is 15.5. The lowest BCUT2D eigenvalue weighted by Crippen LogP contribution is -2.13. The van der Waals surface area contributed by atoms with Crippen molar-refractivity contribution in [2.45, 2.75) is 0 Å². The zero-order valence-electron chi connectivity index (χ0n) is 26.4. The molecule has 0 atom stereocenters. The lowest BCUT2D eigenvalue weighted by Gasteiger charge is -2.36. The molecular weight excluding hydrogens is 647 g/mol. The Morgan fingerprint density at radius 2 is 0.630 bits per heavy atom. The van der Waals surface area contributed by atoms with Gasteiger partial charge in [-0.3, -0.25) is 0 Å².